The summed E-state index contributed by atoms with van der Waals surface area (Å²) in [5.74, 6) is 1.07. The van der Waals surface area contributed by atoms with Crippen molar-refractivity contribution in [3.05, 3.63) is 50.2 Å². The summed E-state index contributed by atoms with van der Waals surface area (Å²) >= 11 is 0. The van der Waals surface area contributed by atoms with Crippen molar-refractivity contribution in [2.24, 2.45) is 20.0 Å². The van der Waals surface area contributed by atoms with Gasteiger partial charge in [-0.15, -0.1) is 0 Å². The lowest BCUT2D eigenvalue weighted by Crippen LogP contribution is -2.38. The number of rotatable bonds is 1. The van der Waals surface area contributed by atoms with Gasteiger partial charge in [-0.3, -0.25) is 13.9 Å². The molecule has 0 radical (unpaired) electrons. The van der Waals surface area contributed by atoms with Crippen LogP contribution in [0.25, 0.3) is 11.2 Å². The number of aromatic nitrogens is 4. The van der Waals surface area contributed by atoms with Gasteiger partial charge in [-0.1, -0.05) is 13.0 Å². The minimum atomic E-state index is -0.358. The molecule has 0 bridgehead atoms. The van der Waals surface area contributed by atoms with Gasteiger partial charge in [-0.05, 0) is 43.0 Å². The molecule has 3 aromatic rings. The highest BCUT2D eigenvalue weighted by molar-refractivity contribution is 5.77. The first-order valence-corrected chi connectivity index (χ1v) is 8.80. The van der Waals surface area contributed by atoms with E-state index in [1.54, 1.807) is 7.05 Å². The van der Waals surface area contributed by atoms with Crippen LogP contribution in [-0.4, -0.2) is 25.2 Å². The molecule has 0 fully saturated rings. The Morgan fingerprint density at radius 2 is 1.77 bits per heavy atom. The zero-order valence-corrected chi connectivity index (χ0v) is 15.8. The highest BCUT2D eigenvalue weighted by Gasteiger charge is 2.29. The van der Waals surface area contributed by atoms with Gasteiger partial charge in [0.15, 0.2) is 11.2 Å². The van der Waals surface area contributed by atoms with Crippen LogP contribution >= 0.6 is 0 Å². The number of aryl methyl sites for hydroxylation is 3. The molecule has 26 heavy (non-hydrogen) atoms. The van der Waals surface area contributed by atoms with Crippen molar-refractivity contribution < 1.29 is 0 Å². The van der Waals surface area contributed by atoms with Crippen LogP contribution in [0.15, 0.2) is 27.8 Å². The van der Waals surface area contributed by atoms with Crippen molar-refractivity contribution in [1.29, 1.82) is 0 Å². The Labute approximate surface area is 151 Å². The summed E-state index contributed by atoms with van der Waals surface area (Å²) in [6.07, 6.45) is 0. The lowest BCUT2D eigenvalue weighted by Gasteiger charge is -2.33. The van der Waals surface area contributed by atoms with E-state index in [2.05, 4.69) is 43.9 Å². The van der Waals surface area contributed by atoms with Crippen LogP contribution in [0.1, 0.15) is 18.1 Å². The second-order valence-corrected chi connectivity index (χ2v) is 7.38. The first kappa shape index (κ1) is 16.6. The normalized spacial score (nSPS) is 17.0. The van der Waals surface area contributed by atoms with E-state index in [1.807, 2.05) is 4.57 Å². The lowest BCUT2D eigenvalue weighted by atomic mass is 10.1. The largest absolute Gasteiger partial charge is 0.332 e. The molecule has 0 spiro atoms. The van der Waals surface area contributed by atoms with Crippen LogP contribution in [0, 0.1) is 19.8 Å². The Morgan fingerprint density at radius 3 is 2.46 bits per heavy atom. The van der Waals surface area contributed by atoms with Gasteiger partial charge >= 0.3 is 5.69 Å². The maximum Gasteiger partial charge on any atom is 0.332 e. The summed E-state index contributed by atoms with van der Waals surface area (Å²) in [5.41, 5.74) is 3.79. The van der Waals surface area contributed by atoms with E-state index < -0.39 is 0 Å². The van der Waals surface area contributed by atoms with Gasteiger partial charge in [0.25, 0.3) is 5.56 Å². The van der Waals surface area contributed by atoms with E-state index in [4.69, 9.17) is 4.98 Å². The third-order valence-corrected chi connectivity index (χ3v) is 5.36. The van der Waals surface area contributed by atoms with E-state index in [1.165, 1.54) is 22.7 Å². The first-order chi connectivity index (χ1) is 12.3. The van der Waals surface area contributed by atoms with Gasteiger partial charge in [0.1, 0.15) is 0 Å². The summed E-state index contributed by atoms with van der Waals surface area (Å²) in [6.45, 7) is 7.87. The smallest absolute Gasteiger partial charge is 0.312 e. The second-order valence-electron chi connectivity index (χ2n) is 7.38. The molecule has 1 atom stereocenters. The Kier molecular flexibility index (Phi) is 3.57. The van der Waals surface area contributed by atoms with Gasteiger partial charge < -0.3 is 9.47 Å². The molecular formula is C19H23N5O2. The molecule has 0 saturated heterocycles. The van der Waals surface area contributed by atoms with Crippen molar-refractivity contribution in [1.82, 2.24) is 18.7 Å². The SMILES string of the molecule is Cc1ccc(N2CC(C)Cn3c2nc2c3c(=O)n(C)c(=O)n2C)cc1C. The zero-order chi connectivity index (χ0) is 18.7. The van der Waals surface area contributed by atoms with Crippen molar-refractivity contribution in [3.63, 3.8) is 0 Å². The van der Waals surface area contributed by atoms with Gasteiger partial charge in [-0.2, -0.15) is 4.98 Å². The molecule has 7 heteroatoms. The molecule has 0 N–H and O–H groups in total. The molecule has 1 unspecified atom stereocenters. The van der Waals surface area contributed by atoms with Crippen LogP contribution in [-0.2, 0) is 20.6 Å². The van der Waals surface area contributed by atoms with Gasteiger partial charge in [-0.25, -0.2) is 4.79 Å². The van der Waals surface area contributed by atoms with Crippen LogP contribution in [0.5, 0.6) is 0 Å². The summed E-state index contributed by atoms with van der Waals surface area (Å²) in [5, 5.41) is 0. The number of fused-ring (bicyclic) bond motifs is 3. The molecule has 7 nitrogen and oxygen atoms in total. The maximum atomic E-state index is 12.8. The Bertz CT molecular complexity index is 1150. The summed E-state index contributed by atoms with van der Waals surface area (Å²) in [4.78, 5) is 31.9. The van der Waals surface area contributed by atoms with Crippen LogP contribution in [0.4, 0.5) is 11.6 Å². The lowest BCUT2D eigenvalue weighted by molar-refractivity contribution is 0.458. The monoisotopic (exact) mass is 353 g/mol. The van der Waals surface area contributed by atoms with E-state index in [-0.39, 0.29) is 11.2 Å². The average molecular weight is 353 g/mol. The fourth-order valence-electron chi connectivity index (χ4n) is 3.69. The first-order valence-electron chi connectivity index (χ1n) is 8.80. The third-order valence-electron chi connectivity index (χ3n) is 5.36. The molecule has 1 aliphatic heterocycles. The molecule has 2 aromatic heterocycles. The molecule has 0 saturated carbocycles. The van der Waals surface area contributed by atoms with E-state index in [9.17, 15) is 9.59 Å². The van der Waals surface area contributed by atoms with E-state index >= 15 is 0 Å². The van der Waals surface area contributed by atoms with Crippen molar-refractivity contribution in [2.45, 2.75) is 27.3 Å². The van der Waals surface area contributed by atoms with Gasteiger partial charge in [0, 0.05) is 32.9 Å². The third kappa shape index (κ3) is 2.23. The summed E-state index contributed by atoms with van der Waals surface area (Å²) in [6, 6.07) is 6.33. The Balaban J connectivity index is 2.03. The highest BCUT2D eigenvalue weighted by atomic mass is 16.2. The second kappa shape index (κ2) is 5.59. The fourth-order valence-corrected chi connectivity index (χ4v) is 3.69. The Morgan fingerprint density at radius 1 is 1.04 bits per heavy atom. The molecule has 0 amide bonds. The number of nitrogens with zero attached hydrogens (tertiary/aromatic N) is 5. The molecule has 3 heterocycles. The number of hydrogen-bond acceptors (Lipinski definition) is 4. The van der Waals surface area contributed by atoms with Gasteiger partial charge in [0.05, 0.1) is 0 Å². The molecule has 136 valence electrons. The van der Waals surface area contributed by atoms with E-state index in [0.29, 0.717) is 23.6 Å². The van der Waals surface area contributed by atoms with Crippen molar-refractivity contribution in [2.75, 3.05) is 11.4 Å². The standard InChI is InChI=1S/C19H23N5O2/c1-11-9-23(14-7-6-12(2)13(3)8-14)18-20-16-15(24(18)10-11)17(25)22(5)19(26)21(16)4/h6-8,11H,9-10H2,1-5H3. The number of benzene rings is 1. The minimum absolute atomic E-state index is 0.295. The molecule has 4 rings (SSSR count). The average Bonchev–Trinajstić information content (AvgIpc) is 2.99. The van der Waals surface area contributed by atoms with Crippen LogP contribution in [0.3, 0.4) is 0 Å². The summed E-state index contributed by atoms with van der Waals surface area (Å²) in [7, 11) is 3.17. The molecule has 0 aliphatic carbocycles. The number of anilines is 2. The van der Waals surface area contributed by atoms with Crippen LogP contribution < -0.4 is 16.1 Å². The Hall–Kier alpha value is -2.83. The predicted octanol–water partition coefficient (Wildman–Crippen LogP) is 1.84. The summed E-state index contributed by atoms with van der Waals surface area (Å²) < 4.78 is 4.56. The van der Waals surface area contributed by atoms with E-state index in [0.717, 1.165) is 22.7 Å². The fraction of sp³-hybridized carbons (Fsp3) is 0.421. The number of hydrogen-bond donors (Lipinski definition) is 0. The van der Waals surface area contributed by atoms with Gasteiger partial charge in [0.2, 0.25) is 5.95 Å². The zero-order valence-electron chi connectivity index (χ0n) is 15.8. The minimum Gasteiger partial charge on any atom is -0.312 e. The van der Waals surface area contributed by atoms with Crippen molar-refractivity contribution >= 4 is 22.8 Å². The number of imidazole rings is 1. The quantitative estimate of drug-likeness (QED) is 0.670. The maximum absolute atomic E-state index is 12.8. The molecule has 1 aromatic carbocycles. The topological polar surface area (TPSA) is 65.1 Å². The molecule has 1 aliphatic rings. The highest BCUT2D eigenvalue weighted by Crippen LogP contribution is 2.33. The van der Waals surface area contributed by atoms with Crippen LogP contribution in [0.2, 0.25) is 0 Å². The van der Waals surface area contributed by atoms with Crippen molar-refractivity contribution in [3.8, 4) is 0 Å². The molecular weight excluding hydrogens is 330 g/mol. The predicted molar refractivity (Wildman–Crippen MR) is 102 cm³/mol.